The van der Waals surface area contributed by atoms with E-state index in [1.54, 1.807) is 11.7 Å². The van der Waals surface area contributed by atoms with Gasteiger partial charge in [0, 0.05) is 15.5 Å². The van der Waals surface area contributed by atoms with Crippen molar-refractivity contribution in [1.29, 1.82) is 0 Å². The third-order valence-electron chi connectivity index (χ3n) is 3.42. The molecule has 0 fully saturated rings. The Bertz CT molecular complexity index is 746. The van der Waals surface area contributed by atoms with E-state index in [2.05, 4.69) is 78.2 Å². The highest BCUT2D eigenvalue weighted by Gasteiger charge is 2.28. The zero-order valence-electron chi connectivity index (χ0n) is 13.3. The summed E-state index contributed by atoms with van der Waals surface area (Å²) >= 11 is 1.59. The van der Waals surface area contributed by atoms with Crippen LogP contribution in [0.4, 0.5) is 0 Å². The topological polar surface area (TPSA) is 16.8 Å². The number of hydrogen-bond acceptors (Lipinski definition) is 2. The highest BCUT2D eigenvalue weighted by molar-refractivity contribution is 6.95. The summed E-state index contributed by atoms with van der Waals surface area (Å²) in [6.45, 7) is 7.20. The van der Waals surface area contributed by atoms with Gasteiger partial charge in [0.15, 0.2) is 5.69 Å². The molecule has 0 N–H and O–H groups in total. The minimum absolute atomic E-state index is 1.09. The van der Waals surface area contributed by atoms with Gasteiger partial charge in [-0.25, -0.2) is 0 Å². The van der Waals surface area contributed by atoms with Gasteiger partial charge in [-0.1, -0.05) is 80.3 Å². The maximum Gasteiger partial charge on any atom is 0.277 e. The van der Waals surface area contributed by atoms with Gasteiger partial charge in [0.25, 0.3) is 11.7 Å². The normalized spacial score (nSPS) is 11.6. The molecular weight excluding hydrogens is 304 g/mol. The van der Waals surface area contributed by atoms with Crippen LogP contribution in [0.3, 0.4) is 0 Å². The first-order valence-electron chi connectivity index (χ1n) is 7.55. The fourth-order valence-corrected chi connectivity index (χ4v) is 5.55. The van der Waals surface area contributed by atoms with Crippen molar-refractivity contribution in [1.82, 2.24) is 4.37 Å². The summed E-state index contributed by atoms with van der Waals surface area (Å²) in [6, 6.07) is 21.1. The Morgan fingerprint density at radius 1 is 0.864 bits per heavy atom. The lowest BCUT2D eigenvalue weighted by molar-refractivity contribution is -0.599. The van der Waals surface area contributed by atoms with Crippen molar-refractivity contribution >= 4 is 19.8 Å². The lowest BCUT2D eigenvalue weighted by atomic mass is 10.1. The number of nitrogens with zero attached hydrogens (tertiary/aromatic N) is 2. The average Bonchev–Trinajstić information content (AvgIpc) is 2.90. The molecule has 0 amide bonds. The Kier molecular flexibility index (Phi) is 4.22. The Balaban J connectivity index is 2.16. The first-order valence-corrected chi connectivity index (χ1v) is 12.0. The fraction of sp³-hybridized carbons (Fsp3) is 0.222. The van der Waals surface area contributed by atoms with Crippen molar-refractivity contribution in [3.05, 3.63) is 60.7 Å². The Morgan fingerprint density at radius 2 is 1.41 bits per heavy atom. The van der Waals surface area contributed by atoms with Crippen LogP contribution in [0.5, 0.6) is 0 Å². The SMILES string of the molecule is C[Si](C)(C)C[n+]1snc(-c2ccccc2)c1-c1ccccc1. The number of aromatic nitrogens is 2. The van der Waals surface area contributed by atoms with Gasteiger partial charge in [0.1, 0.15) is 0 Å². The molecule has 1 aromatic heterocycles. The van der Waals surface area contributed by atoms with E-state index in [9.17, 15) is 0 Å². The summed E-state index contributed by atoms with van der Waals surface area (Å²) in [6.07, 6.45) is 1.10. The molecule has 0 saturated heterocycles. The van der Waals surface area contributed by atoms with E-state index < -0.39 is 8.07 Å². The molecule has 0 aliphatic rings. The molecule has 22 heavy (non-hydrogen) atoms. The minimum Gasteiger partial charge on any atom is -0.172 e. The molecule has 4 heteroatoms. The molecule has 3 rings (SSSR count). The largest absolute Gasteiger partial charge is 0.277 e. The third kappa shape index (κ3) is 3.34. The molecule has 0 radical (unpaired) electrons. The lowest BCUT2D eigenvalue weighted by Gasteiger charge is -2.12. The molecule has 0 atom stereocenters. The summed E-state index contributed by atoms with van der Waals surface area (Å²) < 4.78 is 7.15. The van der Waals surface area contributed by atoms with E-state index in [1.165, 1.54) is 16.8 Å². The fourth-order valence-electron chi connectivity index (χ4n) is 2.49. The van der Waals surface area contributed by atoms with Crippen LogP contribution in [0.1, 0.15) is 0 Å². The van der Waals surface area contributed by atoms with Crippen molar-refractivity contribution in [3.63, 3.8) is 0 Å². The predicted octanol–water partition coefficient (Wildman–Crippen LogP) is 4.64. The molecule has 0 bridgehead atoms. The van der Waals surface area contributed by atoms with Gasteiger partial charge in [0.05, 0.1) is 14.2 Å². The van der Waals surface area contributed by atoms with Crippen molar-refractivity contribution < 1.29 is 3.96 Å². The van der Waals surface area contributed by atoms with Crippen LogP contribution in [0, 0.1) is 0 Å². The van der Waals surface area contributed by atoms with Crippen molar-refractivity contribution in [2.75, 3.05) is 0 Å². The van der Waals surface area contributed by atoms with Crippen LogP contribution >= 0.6 is 11.7 Å². The maximum atomic E-state index is 4.77. The van der Waals surface area contributed by atoms with Crippen molar-refractivity contribution in [2.24, 2.45) is 0 Å². The molecule has 3 aromatic rings. The van der Waals surface area contributed by atoms with Crippen molar-refractivity contribution in [2.45, 2.75) is 25.8 Å². The quantitative estimate of drug-likeness (QED) is 0.504. The maximum absolute atomic E-state index is 4.77. The summed E-state index contributed by atoms with van der Waals surface area (Å²) in [7, 11) is -1.22. The molecule has 0 aliphatic carbocycles. The molecule has 0 saturated carbocycles. The zero-order chi connectivity index (χ0) is 15.6. The smallest absolute Gasteiger partial charge is 0.172 e. The Morgan fingerprint density at radius 3 is 1.95 bits per heavy atom. The molecule has 0 spiro atoms. The van der Waals surface area contributed by atoms with Gasteiger partial charge in [-0.05, 0) is 0 Å². The van der Waals surface area contributed by atoms with Crippen LogP contribution in [0.2, 0.25) is 19.6 Å². The summed E-state index contributed by atoms with van der Waals surface area (Å²) in [4.78, 5) is 0. The Labute approximate surface area is 137 Å². The number of rotatable bonds is 4. The third-order valence-corrected chi connectivity index (χ3v) is 5.68. The van der Waals surface area contributed by atoms with Crippen LogP contribution in [0.25, 0.3) is 22.5 Å². The first-order chi connectivity index (χ1) is 10.5. The van der Waals surface area contributed by atoms with Crippen LogP contribution in [-0.2, 0) is 6.17 Å². The number of hydrogen-bond donors (Lipinski definition) is 0. The summed E-state index contributed by atoms with van der Waals surface area (Å²) in [5, 5.41) is 0. The standard InChI is InChI=1S/C18H21N2SSi/c1-22(2,3)14-20-18(16-12-8-5-9-13-16)17(19-21-20)15-10-6-4-7-11-15/h4-13H,14H2,1-3H3/q+1. The van der Waals surface area contributed by atoms with Gasteiger partial charge < -0.3 is 0 Å². The van der Waals surface area contributed by atoms with E-state index >= 15 is 0 Å². The van der Waals surface area contributed by atoms with Gasteiger partial charge in [-0.15, -0.1) is 0 Å². The van der Waals surface area contributed by atoms with Crippen molar-refractivity contribution in [3.8, 4) is 22.5 Å². The minimum atomic E-state index is -1.22. The molecule has 0 unspecified atom stereocenters. The van der Waals surface area contributed by atoms with E-state index in [4.69, 9.17) is 4.37 Å². The highest BCUT2D eigenvalue weighted by atomic mass is 32.1. The predicted molar refractivity (Wildman–Crippen MR) is 96.5 cm³/mol. The molecule has 0 aliphatic heterocycles. The van der Waals surface area contributed by atoms with Gasteiger partial charge in [-0.2, -0.15) is 3.96 Å². The second kappa shape index (κ2) is 6.14. The highest BCUT2D eigenvalue weighted by Crippen LogP contribution is 2.29. The summed E-state index contributed by atoms with van der Waals surface area (Å²) in [5.41, 5.74) is 4.77. The molecule has 1 heterocycles. The Hall–Kier alpha value is -1.78. The van der Waals surface area contributed by atoms with Crippen LogP contribution in [-0.4, -0.2) is 12.4 Å². The van der Waals surface area contributed by atoms with Crippen LogP contribution < -0.4 is 3.96 Å². The zero-order valence-corrected chi connectivity index (χ0v) is 15.1. The lowest BCUT2D eigenvalue weighted by Crippen LogP contribution is -2.44. The van der Waals surface area contributed by atoms with E-state index in [0.29, 0.717) is 0 Å². The molecule has 2 nitrogen and oxygen atoms in total. The van der Waals surface area contributed by atoms with E-state index in [1.807, 2.05) is 6.07 Å². The van der Waals surface area contributed by atoms with Crippen LogP contribution in [0.15, 0.2) is 60.7 Å². The average molecular weight is 326 g/mol. The van der Waals surface area contributed by atoms with Gasteiger partial charge >= 0.3 is 0 Å². The second-order valence-corrected chi connectivity index (χ2v) is 12.9. The molecular formula is C18H21N2SSi+. The molecule has 112 valence electrons. The summed E-state index contributed by atoms with van der Waals surface area (Å²) in [5.74, 6) is 0. The molecule has 2 aromatic carbocycles. The second-order valence-electron chi connectivity index (χ2n) is 6.70. The van der Waals surface area contributed by atoms with Gasteiger partial charge in [0.2, 0.25) is 5.69 Å². The van der Waals surface area contributed by atoms with Gasteiger partial charge in [-0.3, -0.25) is 0 Å². The monoisotopic (exact) mass is 325 g/mol. The number of benzene rings is 2. The van der Waals surface area contributed by atoms with E-state index in [0.717, 1.165) is 11.9 Å². The van der Waals surface area contributed by atoms with E-state index in [-0.39, 0.29) is 0 Å². The first kappa shape index (κ1) is 15.1.